The number of ketones is 1. The first-order valence-electron chi connectivity index (χ1n) is 27.7. The second-order valence-corrected chi connectivity index (χ2v) is 19.2. The average Bonchev–Trinajstić information content (AvgIpc) is 4.15. The molecule has 0 aromatic carbocycles. The number of carbonyl (C=O) groups is 3. The van der Waals surface area contributed by atoms with Crippen molar-refractivity contribution in [3.05, 3.63) is 24.3 Å². The molecule has 9 nitrogen and oxygen atoms in total. The minimum absolute atomic E-state index is 0.0501. The average molecular weight is 917 g/mol. The van der Waals surface area contributed by atoms with Gasteiger partial charge < -0.3 is 29.2 Å². The topological polar surface area (TPSA) is 103 Å². The molecule has 2 aliphatic rings. The summed E-state index contributed by atoms with van der Waals surface area (Å²) in [6, 6.07) is -0.0501. The molecule has 2 fully saturated rings. The van der Waals surface area contributed by atoms with Gasteiger partial charge in [-0.25, -0.2) is 4.79 Å². The van der Waals surface area contributed by atoms with Gasteiger partial charge in [0.2, 0.25) is 0 Å². The summed E-state index contributed by atoms with van der Waals surface area (Å²) in [4.78, 5) is 39.0. The van der Waals surface area contributed by atoms with Gasteiger partial charge >= 0.3 is 12.1 Å². The quantitative estimate of drug-likeness (QED) is 0.0279. The zero-order chi connectivity index (χ0) is 47.4. The molecule has 0 aromatic heterocycles. The van der Waals surface area contributed by atoms with Gasteiger partial charge in [0.1, 0.15) is 11.9 Å². The number of alkyl carbamates (subject to hydrolysis) is 1. The summed E-state index contributed by atoms with van der Waals surface area (Å²) in [5.74, 6) is 1.14. The number of hydrogen-bond donors (Lipinski definition) is 1. The summed E-state index contributed by atoms with van der Waals surface area (Å²) in [5.41, 5.74) is 0. The summed E-state index contributed by atoms with van der Waals surface area (Å²) < 4.78 is 23.5. The van der Waals surface area contributed by atoms with Crippen LogP contribution >= 0.6 is 0 Å². The maximum absolute atomic E-state index is 12.8. The van der Waals surface area contributed by atoms with Crippen LogP contribution in [0.1, 0.15) is 247 Å². The molecular weight excluding hydrogens is 813 g/mol. The van der Waals surface area contributed by atoms with Gasteiger partial charge in [-0.1, -0.05) is 162 Å². The number of ether oxygens (including phenoxy) is 4. The fraction of sp³-hybridized carbons (Fsp3) is 0.875. The highest BCUT2D eigenvalue weighted by Gasteiger charge is 2.31. The first-order valence-corrected chi connectivity index (χ1v) is 27.7. The van der Waals surface area contributed by atoms with E-state index in [1.165, 1.54) is 135 Å². The largest absolute Gasteiger partial charge is 0.462 e. The van der Waals surface area contributed by atoms with Crippen molar-refractivity contribution < 1.29 is 33.3 Å². The Morgan fingerprint density at radius 3 is 1.72 bits per heavy atom. The van der Waals surface area contributed by atoms with Gasteiger partial charge in [-0.05, 0) is 102 Å². The number of unbranched alkanes of at least 4 members (excludes halogenated alkanes) is 18. The lowest BCUT2D eigenvalue weighted by Crippen LogP contribution is -2.43. The molecule has 0 aromatic rings. The van der Waals surface area contributed by atoms with Gasteiger partial charge in [-0.2, -0.15) is 0 Å². The Labute approximate surface area is 401 Å². The van der Waals surface area contributed by atoms with Crippen LogP contribution in [-0.4, -0.2) is 80.6 Å². The third kappa shape index (κ3) is 38.4. The van der Waals surface area contributed by atoms with Crippen LogP contribution in [0.4, 0.5) is 4.79 Å². The van der Waals surface area contributed by atoms with E-state index in [2.05, 4.69) is 76.1 Å². The van der Waals surface area contributed by atoms with Gasteiger partial charge in [0, 0.05) is 51.0 Å². The van der Waals surface area contributed by atoms with Gasteiger partial charge in [0.15, 0.2) is 6.29 Å². The van der Waals surface area contributed by atoms with Crippen molar-refractivity contribution in [2.75, 3.05) is 39.5 Å². The monoisotopic (exact) mass is 917 g/mol. The van der Waals surface area contributed by atoms with Crippen molar-refractivity contribution in [3.63, 3.8) is 0 Å². The summed E-state index contributed by atoms with van der Waals surface area (Å²) in [6.07, 6.45) is 43.7. The SMILES string of the molecule is CCCCC/C=C\C/C=C\CCCCCCCC(=O)C1CC1.CCCCCCCCOC(CCC(=O)OC1CC(C)CC(NC(=O)OCCCN(CC)CC)C1)OCCCCCCCC. The molecule has 0 bridgehead atoms. The summed E-state index contributed by atoms with van der Waals surface area (Å²) in [7, 11) is 0. The lowest BCUT2D eigenvalue weighted by Gasteiger charge is -2.33. The molecule has 2 aliphatic carbocycles. The minimum Gasteiger partial charge on any atom is -0.462 e. The highest BCUT2D eigenvalue weighted by atomic mass is 16.7. The normalized spacial score (nSPS) is 17.5. The molecule has 0 radical (unpaired) electrons. The number of hydrogen-bond acceptors (Lipinski definition) is 8. The summed E-state index contributed by atoms with van der Waals surface area (Å²) in [6.45, 7) is 17.8. The molecule has 0 spiro atoms. The maximum atomic E-state index is 12.8. The molecule has 3 unspecified atom stereocenters. The van der Waals surface area contributed by atoms with Crippen LogP contribution in [0.15, 0.2) is 24.3 Å². The zero-order valence-electron chi connectivity index (χ0n) is 43.4. The second-order valence-electron chi connectivity index (χ2n) is 19.2. The third-order valence-electron chi connectivity index (χ3n) is 12.9. The van der Waals surface area contributed by atoms with Gasteiger partial charge in [-0.15, -0.1) is 0 Å². The Balaban J connectivity index is 0.000000802. The molecule has 2 rings (SSSR count). The highest BCUT2D eigenvalue weighted by molar-refractivity contribution is 5.83. The van der Waals surface area contributed by atoms with Crippen LogP contribution in [0.25, 0.3) is 0 Å². The Hall–Kier alpha value is -2.23. The molecule has 380 valence electrons. The fourth-order valence-electron chi connectivity index (χ4n) is 8.57. The third-order valence-corrected chi connectivity index (χ3v) is 12.9. The predicted molar refractivity (Wildman–Crippen MR) is 272 cm³/mol. The highest BCUT2D eigenvalue weighted by Crippen LogP contribution is 2.31. The Kier molecular flexibility index (Phi) is 41.4. The maximum Gasteiger partial charge on any atom is 0.407 e. The molecule has 0 saturated heterocycles. The van der Waals surface area contributed by atoms with E-state index < -0.39 is 0 Å². The van der Waals surface area contributed by atoms with Crippen molar-refractivity contribution in [1.29, 1.82) is 0 Å². The molecule has 2 saturated carbocycles. The van der Waals surface area contributed by atoms with E-state index in [1.807, 2.05) is 0 Å². The van der Waals surface area contributed by atoms with Gasteiger partial charge in [0.25, 0.3) is 0 Å². The number of esters is 1. The number of allylic oxidation sites excluding steroid dienone is 4. The molecule has 1 amide bonds. The summed E-state index contributed by atoms with van der Waals surface area (Å²) >= 11 is 0. The van der Waals surface area contributed by atoms with E-state index >= 15 is 0 Å². The number of nitrogens with one attached hydrogen (secondary N) is 1. The Morgan fingerprint density at radius 1 is 0.600 bits per heavy atom. The van der Waals surface area contributed by atoms with Crippen LogP contribution in [0.5, 0.6) is 0 Å². The van der Waals surface area contributed by atoms with Crippen LogP contribution in [0, 0.1) is 11.8 Å². The van der Waals surface area contributed by atoms with E-state index in [-0.39, 0.29) is 36.9 Å². The molecule has 0 heterocycles. The molecule has 0 aliphatic heterocycles. The fourth-order valence-corrected chi connectivity index (χ4v) is 8.57. The van der Waals surface area contributed by atoms with Crippen molar-refractivity contribution >= 4 is 17.8 Å². The number of Topliss-reactive ketones (excluding diaryl/α,β-unsaturated/α-hetero) is 1. The number of carbonyl (C=O) groups excluding carboxylic acids is 3. The molecule has 1 N–H and O–H groups in total. The van der Waals surface area contributed by atoms with E-state index in [1.54, 1.807) is 0 Å². The van der Waals surface area contributed by atoms with E-state index in [0.717, 1.165) is 71.0 Å². The number of nitrogens with zero attached hydrogens (tertiary/aromatic N) is 1. The lowest BCUT2D eigenvalue weighted by molar-refractivity contribution is -0.164. The van der Waals surface area contributed by atoms with Crippen LogP contribution in [-0.2, 0) is 28.5 Å². The van der Waals surface area contributed by atoms with Crippen molar-refractivity contribution in [2.24, 2.45) is 11.8 Å². The van der Waals surface area contributed by atoms with Crippen LogP contribution < -0.4 is 5.32 Å². The van der Waals surface area contributed by atoms with Gasteiger partial charge in [0.05, 0.1) is 13.0 Å². The van der Waals surface area contributed by atoms with E-state index in [0.29, 0.717) is 50.3 Å². The Bertz CT molecular complexity index is 1150. The Morgan fingerprint density at radius 2 is 1.14 bits per heavy atom. The lowest BCUT2D eigenvalue weighted by atomic mass is 9.85. The number of rotatable bonds is 42. The van der Waals surface area contributed by atoms with Crippen LogP contribution in [0.2, 0.25) is 0 Å². The second kappa shape index (κ2) is 44.3. The first kappa shape index (κ1) is 60.8. The molecule has 3 atom stereocenters. The minimum atomic E-state index is -0.378. The van der Waals surface area contributed by atoms with Gasteiger partial charge in [-0.3, -0.25) is 9.59 Å². The van der Waals surface area contributed by atoms with Crippen LogP contribution in [0.3, 0.4) is 0 Å². The van der Waals surface area contributed by atoms with Crippen molar-refractivity contribution in [3.8, 4) is 0 Å². The molecule has 9 heteroatoms. The predicted octanol–water partition coefficient (Wildman–Crippen LogP) is 15.2. The van der Waals surface area contributed by atoms with E-state index in [9.17, 15) is 14.4 Å². The summed E-state index contributed by atoms with van der Waals surface area (Å²) in [5, 5.41) is 3.00. The number of amides is 1. The van der Waals surface area contributed by atoms with Crippen molar-refractivity contribution in [2.45, 2.75) is 265 Å². The molecule has 65 heavy (non-hydrogen) atoms. The van der Waals surface area contributed by atoms with Crippen molar-refractivity contribution in [1.82, 2.24) is 10.2 Å². The first-order chi connectivity index (χ1) is 31.8. The smallest absolute Gasteiger partial charge is 0.407 e. The molecular formula is C56H104N2O7. The zero-order valence-corrected chi connectivity index (χ0v) is 43.4. The van der Waals surface area contributed by atoms with E-state index in [4.69, 9.17) is 18.9 Å². The standard InChI is InChI=1S/C35H68N2O6.C21H36O/c1-6-10-12-14-16-18-24-40-34(41-25-19-17-15-13-11-7-2)22-21-33(38)43-32-28-30(5)27-31(29-32)36-35(39)42-26-20-23-37(8-3)9-4;1-2-3-4-5-6-7-8-9-10-11-12-13-14-15-16-17-21(22)20-18-19-20/h30-32,34H,6-29H2,1-5H3,(H,36,39);6-7,9-10,20H,2-5,8,11-19H2,1H3/b;7-6-,10-9-.